The Kier molecular flexibility index (Phi) is 7.44. The molecule has 0 spiro atoms. The van der Waals surface area contributed by atoms with E-state index in [9.17, 15) is 10.2 Å². The Balaban J connectivity index is 1.32. The van der Waals surface area contributed by atoms with Gasteiger partial charge in [-0.15, -0.1) is 0 Å². The second-order valence-corrected chi connectivity index (χ2v) is 11.8. The number of aliphatic hydroxyl groups is 2. The number of rotatable bonds is 8. The first-order chi connectivity index (χ1) is 15.7. The monoisotopic (exact) mass is 462 g/mol. The van der Waals surface area contributed by atoms with E-state index in [0.717, 1.165) is 57.8 Å². The summed E-state index contributed by atoms with van der Waals surface area (Å²) in [5, 5.41) is 32.3. The van der Waals surface area contributed by atoms with Gasteiger partial charge in [-0.2, -0.15) is 5.48 Å². The maximum atomic E-state index is 12.2. The van der Waals surface area contributed by atoms with Crippen LogP contribution in [0.25, 0.3) is 0 Å². The number of nitrogens with two attached hydrogens (primary N) is 1. The van der Waals surface area contributed by atoms with E-state index in [-0.39, 0.29) is 22.9 Å². The van der Waals surface area contributed by atoms with Crippen molar-refractivity contribution in [3.05, 3.63) is 12.2 Å². The molecule has 7 N–H and O–H groups in total. The molecular formula is C26H46N4O3. The molecule has 7 nitrogen and oxygen atoms in total. The minimum atomic E-state index is -0.567. The number of fused-ring (bicyclic) bond motifs is 5. The number of guanidine groups is 1. The van der Waals surface area contributed by atoms with Crippen molar-refractivity contribution < 1.29 is 15.1 Å². The van der Waals surface area contributed by atoms with Crippen LogP contribution in [-0.4, -0.2) is 47.6 Å². The third-order valence-corrected chi connectivity index (χ3v) is 10.3. The Morgan fingerprint density at radius 1 is 1.12 bits per heavy atom. The van der Waals surface area contributed by atoms with Crippen molar-refractivity contribution in [2.75, 3.05) is 19.7 Å². The summed E-state index contributed by atoms with van der Waals surface area (Å²) in [4.78, 5) is 5.45. The van der Waals surface area contributed by atoms with Crippen LogP contribution in [0.5, 0.6) is 0 Å². The summed E-state index contributed by atoms with van der Waals surface area (Å²) in [5.74, 6) is 2.01. The second-order valence-electron chi connectivity index (χ2n) is 11.8. The molecule has 0 heterocycles. The smallest absolute Gasteiger partial charge is 0.185 e. The molecule has 0 aliphatic heterocycles. The van der Waals surface area contributed by atoms with Crippen LogP contribution in [0, 0.1) is 39.9 Å². The summed E-state index contributed by atoms with van der Waals surface area (Å²) < 4.78 is 0. The van der Waals surface area contributed by atoms with E-state index >= 15 is 0 Å². The molecule has 188 valence electrons. The molecule has 7 heteroatoms. The average Bonchev–Trinajstić information content (AvgIpc) is 3.04. The van der Waals surface area contributed by atoms with Gasteiger partial charge in [-0.1, -0.05) is 26.0 Å². The molecule has 4 saturated carbocycles. The van der Waals surface area contributed by atoms with Gasteiger partial charge in [-0.25, -0.2) is 0 Å². The van der Waals surface area contributed by atoms with E-state index in [0.29, 0.717) is 43.4 Å². The number of nitrogens with one attached hydrogen (secondary N) is 3. The van der Waals surface area contributed by atoms with Crippen molar-refractivity contribution in [2.24, 2.45) is 40.2 Å². The standard InChI is InChI=1S/C26H46N4O3/c1-24-11-9-20(31)17-19(24)6-7-22-21(24)10-12-25(2)18(8-13-26(22,25)32)5-3-15-30-33-16-4-14-29-23(27)28/h3,5,18-22,30-32H,4,6-17H2,1-2H3,(H4,27,28,29)/b5-3+/t18?,19?,20?,21-,22-,24+,25-,26-/m1/s1. The van der Waals surface area contributed by atoms with Crippen LogP contribution >= 0.6 is 0 Å². The van der Waals surface area contributed by atoms with Crippen molar-refractivity contribution in [3.8, 4) is 0 Å². The molecule has 0 aromatic heterocycles. The molecular weight excluding hydrogens is 416 g/mol. The van der Waals surface area contributed by atoms with E-state index in [1.807, 2.05) is 0 Å². The second kappa shape index (κ2) is 9.84. The third-order valence-electron chi connectivity index (χ3n) is 10.3. The van der Waals surface area contributed by atoms with Gasteiger partial charge >= 0.3 is 0 Å². The van der Waals surface area contributed by atoms with E-state index in [1.54, 1.807) is 0 Å². The largest absolute Gasteiger partial charge is 0.393 e. The first kappa shape index (κ1) is 25.0. The third kappa shape index (κ3) is 4.58. The minimum Gasteiger partial charge on any atom is -0.393 e. The van der Waals surface area contributed by atoms with Gasteiger partial charge in [0, 0.05) is 18.5 Å². The highest BCUT2D eigenvalue weighted by molar-refractivity contribution is 5.74. The lowest BCUT2D eigenvalue weighted by Gasteiger charge is -2.63. The Morgan fingerprint density at radius 2 is 1.94 bits per heavy atom. The topological polar surface area (TPSA) is 124 Å². The Morgan fingerprint density at radius 3 is 2.73 bits per heavy atom. The maximum Gasteiger partial charge on any atom is 0.185 e. The summed E-state index contributed by atoms with van der Waals surface area (Å²) in [6, 6.07) is 0. The van der Waals surface area contributed by atoms with Crippen LogP contribution in [0.2, 0.25) is 0 Å². The average molecular weight is 463 g/mol. The molecule has 4 aliphatic rings. The van der Waals surface area contributed by atoms with Gasteiger partial charge < -0.3 is 26.1 Å². The van der Waals surface area contributed by atoms with Gasteiger partial charge in [0.25, 0.3) is 0 Å². The highest BCUT2D eigenvalue weighted by atomic mass is 16.6. The van der Waals surface area contributed by atoms with Crippen LogP contribution < -0.4 is 16.5 Å². The molecule has 0 aromatic carbocycles. The number of aliphatic hydroxyl groups excluding tert-OH is 1. The highest BCUT2D eigenvalue weighted by Gasteiger charge is 2.66. The first-order valence-corrected chi connectivity index (χ1v) is 13.2. The summed E-state index contributed by atoms with van der Waals surface area (Å²) in [7, 11) is 0. The maximum absolute atomic E-state index is 12.2. The zero-order valence-electron chi connectivity index (χ0n) is 20.6. The Labute approximate surface area is 199 Å². The minimum absolute atomic E-state index is 0.00960. The molecule has 3 unspecified atom stereocenters. The van der Waals surface area contributed by atoms with Crippen molar-refractivity contribution in [3.63, 3.8) is 0 Å². The lowest BCUT2D eigenvalue weighted by molar-refractivity contribution is -0.207. The molecule has 0 radical (unpaired) electrons. The highest BCUT2D eigenvalue weighted by Crippen LogP contribution is 2.69. The Bertz CT molecular complexity index is 732. The Hall–Kier alpha value is -1.15. The van der Waals surface area contributed by atoms with Crippen LogP contribution in [0.3, 0.4) is 0 Å². The first-order valence-electron chi connectivity index (χ1n) is 13.2. The molecule has 33 heavy (non-hydrogen) atoms. The van der Waals surface area contributed by atoms with E-state index in [2.05, 4.69) is 36.8 Å². The van der Waals surface area contributed by atoms with Crippen LogP contribution in [0.4, 0.5) is 0 Å². The quantitative estimate of drug-likeness (QED) is 0.108. The number of allylic oxidation sites excluding steroid dienone is 1. The van der Waals surface area contributed by atoms with Crippen molar-refractivity contribution >= 4 is 5.96 Å². The predicted octanol–water partition coefficient (Wildman–Crippen LogP) is 3.07. The molecule has 0 aromatic rings. The fraction of sp³-hybridized carbons (Fsp3) is 0.885. The zero-order chi connectivity index (χ0) is 23.7. The van der Waals surface area contributed by atoms with Gasteiger partial charge in [-0.3, -0.25) is 5.41 Å². The summed E-state index contributed by atoms with van der Waals surface area (Å²) >= 11 is 0. The molecule has 8 atom stereocenters. The van der Waals surface area contributed by atoms with E-state index in [4.69, 9.17) is 16.0 Å². The fourth-order valence-corrected chi connectivity index (χ4v) is 8.33. The van der Waals surface area contributed by atoms with Crippen LogP contribution in [0.1, 0.15) is 78.1 Å². The fourth-order valence-electron chi connectivity index (χ4n) is 8.33. The van der Waals surface area contributed by atoms with Crippen molar-refractivity contribution in [2.45, 2.75) is 89.8 Å². The molecule has 0 amide bonds. The molecule has 4 fully saturated rings. The van der Waals surface area contributed by atoms with Crippen molar-refractivity contribution in [1.29, 1.82) is 5.41 Å². The summed E-state index contributed by atoms with van der Waals surface area (Å²) in [6.07, 6.45) is 14.7. The summed E-state index contributed by atoms with van der Waals surface area (Å²) in [5.41, 5.74) is 7.91. The van der Waals surface area contributed by atoms with E-state index < -0.39 is 5.60 Å². The molecule has 4 rings (SSSR count). The SMILES string of the molecule is C[C@]12CCC(O)CC1CC[C@@H]1[C@H]2CC[C@]2(C)C(/C=C/CNOCCCNC(=N)N)CC[C@@]12O. The number of hydrogen-bond acceptors (Lipinski definition) is 5. The lowest BCUT2D eigenvalue weighted by Crippen LogP contribution is -2.62. The molecule has 0 saturated heterocycles. The van der Waals surface area contributed by atoms with E-state index in [1.165, 1.54) is 6.42 Å². The van der Waals surface area contributed by atoms with Gasteiger partial charge in [0.1, 0.15) is 0 Å². The normalized spacial score (nSPS) is 44.8. The van der Waals surface area contributed by atoms with Gasteiger partial charge in [0.15, 0.2) is 5.96 Å². The molecule has 4 aliphatic carbocycles. The number of hydroxylamine groups is 1. The molecule has 0 bridgehead atoms. The lowest BCUT2D eigenvalue weighted by atomic mass is 9.43. The van der Waals surface area contributed by atoms with Gasteiger partial charge in [0.2, 0.25) is 0 Å². The van der Waals surface area contributed by atoms with Gasteiger partial charge in [0.05, 0.1) is 18.3 Å². The van der Waals surface area contributed by atoms with Crippen LogP contribution in [-0.2, 0) is 4.84 Å². The predicted molar refractivity (Wildman–Crippen MR) is 130 cm³/mol. The summed E-state index contributed by atoms with van der Waals surface area (Å²) in [6.45, 7) is 6.67. The zero-order valence-corrected chi connectivity index (χ0v) is 20.6. The number of hydrogen-bond donors (Lipinski definition) is 6. The van der Waals surface area contributed by atoms with Gasteiger partial charge in [-0.05, 0) is 93.3 Å². The van der Waals surface area contributed by atoms with Crippen molar-refractivity contribution in [1.82, 2.24) is 10.8 Å². The van der Waals surface area contributed by atoms with Crippen LogP contribution in [0.15, 0.2) is 12.2 Å².